The maximum Gasteiger partial charge on any atom is 0.271 e. The lowest BCUT2D eigenvalue weighted by atomic mass is 10.2. The van der Waals surface area contributed by atoms with Crippen molar-refractivity contribution in [3.05, 3.63) is 74.7 Å². The van der Waals surface area contributed by atoms with Crippen LogP contribution in [0.5, 0.6) is 0 Å². The number of halogens is 1. The molecule has 0 saturated carbocycles. The van der Waals surface area contributed by atoms with Crippen molar-refractivity contribution in [3.63, 3.8) is 0 Å². The first-order valence-electron chi connectivity index (χ1n) is 7.39. The highest BCUT2D eigenvalue weighted by Gasteiger charge is 2.07. The molecule has 1 N–H and O–H groups in total. The van der Waals surface area contributed by atoms with Crippen LogP contribution in [0.3, 0.4) is 0 Å². The fraction of sp³-hybridized carbons (Fsp3) is 0.111. The van der Waals surface area contributed by atoms with Crippen LogP contribution >= 0.6 is 22.9 Å². The molecule has 2 heterocycles. The lowest BCUT2D eigenvalue weighted by Gasteiger charge is -2.09. The number of amides is 1. The van der Waals surface area contributed by atoms with E-state index >= 15 is 0 Å². The van der Waals surface area contributed by atoms with E-state index in [9.17, 15) is 4.79 Å². The normalized spacial score (nSPS) is 11.1. The zero-order valence-electron chi connectivity index (χ0n) is 13.3. The number of aryl methyl sites for hydroxylation is 2. The van der Waals surface area contributed by atoms with Crippen molar-refractivity contribution in [2.24, 2.45) is 5.10 Å². The molecule has 0 spiro atoms. The molecule has 0 saturated heterocycles. The van der Waals surface area contributed by atoms with Crippen LogP contribution in [0, 0.1) is 13.8 Å². The molecule has 0 bridgehead atoms. The zero-order chi connectivity index (χ0) is 17.1. The minimum absolute atomic E-state index is 0.249. The molecule has 0 unspecified atom stereocenters. The van der Waals surface area contributed by atoms with E-state index in [0.717, 1.165) is 22.0 Å². The lowest BCUT2D eigenvalue weighted by molar-refractivity contribution is 0.0955. The Kier molecular flexibility index (Phi) is 4.83. The number of carbonyl (C=O) groups is 1. The molecule has 2 aromatic heterocycles. The van der Waals surface area contributed by atoms with Gasteiger partial charge in [0, 0.05) is 27.5 Å². The minimum atomic E-state index is -0.249. The minimum Gasteiger partial charge on any atom is -0.319 e. The first-order chi connectivity index (χ1) is 11.5. The number of carbonyl (C=O) groups excluding carboxylic acids is 1. The first-order valence-corrected chi connectivity index (χ1v) is 8.58. The van der Waals surface area contributed by atoms with Gasteiger partial charge < -0.3 is 4.57 Å². The highest BCUT2D eigenvalue weighted by molar-refractivity contribution is 7.17. The number of aromatic nitrogens is 1. The Bertz CT molecular complexity index is 874. The fourth-order valence-electron chi connectivity index (χ4n) is 2.45. The Labute approximate surface area is 149 Å². The van der Waals surface area contributed by atoms with Crippen molar-refractivity contribution < 1.29 is 4.79 Å². The fourth-order valence-corrected chi connectivity index (χ4v) is 3.39. The standard InChI is InChI=1S/C18H16ClN3OS/c1-12-3-4-13(2)22(12)15-7-5-14(6-8-15)18(23)21-20-11-16-9-10-17(19)24-16/h3-11H,1-2H3,(H,21,23)/b20-11-. The van der Waals surface area contributed by atoms with E-state index in [-0.39, 0.29) is 5.91 Å². The van der Waals surface area contributed by atoms with Gasteiger partial charge in [-0.05, 0) is 62.4 Å². The van der Waals surface area contributed by atoms with Gasteiger partial charge in [0.1, 0.15) is 0 Å². The van der Waals surface area contributed by atoms with Crippen molar-refractivity contribution in [2.75, 3.05) is 0 Å². The lowest BCUT2D eigenvalue weighted by Crippen LogP contribution is -2.17. The molecule has 0 radical (unpaired) electrons. The summed E-state index contributed by atoms with van der Waals surface area (Å²) < 4.78 is 2.83. The Morgan fingerprint density at radius 2 is 1.75 bits per heavy atom. The number of hydrogen-bond acceptors (Lipinski definition) is 3. The Morgan fingerprint density at radius 1 is 1.08 bits per heavy atom. The number of nitrogens with one attached hydrogen (secondary N) is 1. The number of benzene rings is 1. The number of thiophene rings is 1. The quantitative estimate of drug-likeness (QED) is 0.539. The third-order valence-electron chi connectivity index (χ3n) is 3.61. The van der Waals surface area contributed by atoms with Gasteiger partial charge >= 0.3 is 0 Å². The summed E-state index contributed by atoms with van der Waals surface area (Å²) in [6.07, 6.45) is 1.58. The summed E-state index contributed by atoms with van der Waals surface area (Å²) in [6, 6.07) is 15.2. The van der Waals surface area contributed by atoms with Crippen LogP contribution < -0.4 is 5.43 Å². The third kappa shape index (κ3) is 3.58. The van der Waals surface area contributed by atoms with Gasteiger partial charge in [-0.1, -0.05) is 11.6 Å². The van der Waals surface area contributed by atoms with Gasteiger partial charge in [0.15, 0.2) is 0 Å². The number of hydrazone groups is 1. The molecule has 122 valence electrons. The molecule has 0 atom stereocenters. The Morgan fingerprint density at radius 3 is 2.33 bits per heavy atom. The highest BCUT2D eigenvalue weighted by Crippen LogP contribution is 2.19. The predicted molar refractivity (Wildman–Crippen MR) is 99.6 cm³/mol. The van der Waals surface area contributed by atoms with E-state index in [2.05, 4.69) is 41.1 Å². The molecule has 6 heteroatoms. The molecule has 1 amide bonds. The van der Waals surface area contributed by atoms with Crippen molar-refractivity contribution >= 4 is 35.1 Å². The molecule has 0 aliphatic rings. The van der Waals surface area contributed by atoms with Crippen LogP contribution in [0.15, 0.2) is 53.6 Å². The van der Waals surface area contributed by atoms with Crippen molar-refractivity contribution in [1.82, 2.24) is 9.99 Å². The first kappa shape index (κ1) is 16.5. The van der Waals surface area contributed by atoms with E-state index in [4.69, 9.17) is 11.6 Å². The molecule has 3 rings (SSSR count). The summed E-state index contributed by atoms with van der Waals surface area (Å²) in [4.78, 5) is 13.0. The van der Waals surface area contributed by atoms with Gasteiger partial charge in [-0.15, -0.1) is 11.3 Å². The van der Waals surface area contributed by atoms with Gasteiger partial charge in [-0.2, -0.15) is 5.10 Å². The smallest absolute Gasteiger partial charge is 0.271 e. The van der Waals surface area contributed by atoms with Crippen molar-refractivity contribution in [3.8, 4) is 5.69 Å². The predicted octanol–water partition coefficient (Wildman–Crippen LogP) is 4.57. The SMILES string of the molecule is Cc1ccc(C)n1-c1ccc(C(=O)N/N=C\c2ccc(Cl)s2)cc1. The third-order valence-corrected chi connectivity index (χ3v) is 4.78. The molecular weight excluding hydrogens is 342 g/mol. The van der Waals surface area contributed by atoms with Crippen molar-refractivity contribution in [2.45, 2.75) is 13.8 Å². The van der Waals surface area contributed by atoms with Crippen LogP contribution in [0.1, 0.15) is 26.6 Å². The largest absolute Gasteiger partial charge is 0.319 e. The zero-order valence-corrected chi connectivity index (χ0v) is 14.9. The van der Waals surface area contributed by atoms with Gasteiger partial charge in [-0.25, -0.2) is 5.43 Å². The molecule has 0 aliphatic heterocycles. The van der Waals surface area contributed by atoms with E-state index in [0.29, 0.717) is 9.90 Å². The Balaban J connectivity index is 1.69. The van der Waals surface area contributed by atoms with Crippen LogP contribution in [0.25, 0.3) is 5.69 Å². The summed E-state index contributed by atoms with van der Waals surface area (Å²) in [5.41, 5.74) is 6.42. The van der Waals surface area contributed by atoms with Crippen LogP contribution in [0.4, 0.5) is 0 Å². The number of rotatable bonds is 4. The van der Waals surface area contributed by atoms with Gasteiger partial charge in [0.05, 0.1) is 10.6 Å². The molecule has 0 aliphatic carbocycles. The number of hydrogen-bond donors (Lipinski definition) is 1. The second-order valence-electron chi connectivity index (χ2n) is 5.34. The second-order valence-corrected chi connectivity index (χ2v) is 7.09. The van der Waals surface area contributed by atoms with Gasteiger partial charge in [-0.3, -0.25) is 4.79 Å². The van der Waals surface area contributed by atoms with Crippen LogP contribution in [0.2, 0.25) is 4.34 Å². The molecule has 3 aromatic rings. The molecule has 0 fully saturated rings. The summed E-state index contributed by atoms with van der Waals surface area (Å²) in [7, 11) is 0. The average molecular weight is 358 g/mol. The van der Waals surface area contributed by atoms with Crippen LogP contribution in [-0.2, 0) is 0 Å². The van der Waals surface area contributed by atoms with Gasteiger partial charge in [0.25, 0.3) is 5.91 Å². The van der Waals surface area contributed by atoms with E-state index in [1.165, 1.54) is 11.3 Å². The maximum absolute atomic E-state index is 12.1. The Hall–Kier alpha value is -2.37. The summed E-state index contributed by atoms with van der Waals surface area (Å²) in [6.45, 7) is 4.11. The highest BCUT2D eigenvalue weighted by atomic mass is 35.5. The molecule has 1 aromatic carbocycles. The monoisotopic (exact) mass is 357 g/mol. The van der Waals surface area contributed by atoms with E-state index in [1.54, 1.807) is 24.4 Å². The summed E-state index contributed by atoms with van der Waals surface area (Å²) in [5.74, 6) is -0.249. The molecular formula is C18H16ClN3OS. The molecule has 4 nitrogen and oxygen atoms in total. The maximum atomic E-state index is 12.1. The van der Waals surface area contributed by atoms with E-state index < -0.39 is 0 Å². The average Bonchev–Trinajstić information content (AvgIpc) is 3.13. The number of nitrogens with zero attached hydrogens (tertiary/aromatic N) is 2. The van der Waals surface area contributed by atoms with Crippen LogP contribution in [-0.4, -0.2) is 16.7 Å². The van der Waals surface area contributed by atoms with Gasteiger partial charge in [0.2, 0.25) is 0 Å². The topological polar surface area (TPSA) is 46.4 Å². The van der Waals surface area contributed by atoms with E-state index in [1.807, 2.05) is 18.2 Å². The summed E-state index contributed by atoms with van der Waals surface area (Å²) in [5, 5.41) is 3.95. The summed E-state index contributed by atoms with van der Waals surface area (Å²) >= 11 is 7.24. The van der Waals surface area contributed by atoms with Crippen molar-refractivity contribution in [1.29, 1.82) is 0 Å². The second kappa shape index (κ2) is 7.03. The molecule has 24 heavy (non-hydrogen) atoms.